The average Bonchev–Trinajstić information content (AvgIpc) is 2.36. The molecule has 0 heterocycles. The molecule has 0 fully saturated rings. The maximum Gasteiger partial charge on any atom is 0.0897 e. The number of hydrogen-bond donors (Lipinski definition) is 2. The summed E-state index contributed by atoms with van der Waals surface area (Å²) in [6, 6.07) is 10.4. The highest BCUT2D eigenvalue weighted by atomic mass is 16.5. The zero-order chi connectivity index (χ0) is 14.3. The summed E-state index contributed by atoms with van der Waals surface area (Å²) in [5, 5.41) is 13.2. The molecular weight excluding hydrogens is 238 g/mol. The second-order valence-electron chi connectivity index (χ2n) is 6.15. The molecule has 19 heavy (non-hydrogen) atoms. The molecule has 0 radical (unpaired) electrons. The van der Waals surface area contributed by atoms with Gasteiger partial charge in [-0.05, 0) is 17.9 Å². The molecule has 0 aliphatic carbocycles. The Bertz CT molecular complexity index is 346. The van der Waals surface area contributed by atoms with Gasteiger partial charge in [-0.2, -0.15) is 0 Å². The average molecular weight is 265 g/mol. The van der Waals surface area contributed by atoms with Crippen molar-refractivity contribution in [3.8, 4) is 0 Å². The second kappa shape index (κ2) is 7.63. The summed E-state index contributed by atoms with van der Waals surface area (Å²) in [5.74, 6) is 0. The SMILES string of the molecule is CC(NCC(O)COCc1ccccc1)C(C)(C)C. The molecule has 0 spiro atoms. The van der Waals surface area contributed by atoms with E-state index in [1.54, 1.807) is 0 Å². The van der Waals surface area contributed by atoms with Crippen LogP contribution < -0.4 is 5.32 Å². The van der Waals surface area contributed by atoms with Gasteiger partial charge < -0.3 is 15.2 Å². The van der Waals surface area contributed by atoms with Gasteiger partial charge in [0.2, 0.25) is 0 Å². The lowest BCUT2D eigenvalue weighted by molar-refractivity contribution is 0.0260. The van der Waals surface area contributed by atoms with Crippen LogP contribution in [0.15, 0.2) is 30.3 Å². The van der Waals surface area contributed by atoms with Gasteiger partial charge in [-0.25, -0.2) is 0 Å². The lowest BCUT2D eigenvalue weighted by Crippen LogP contribution is -2.42. The van der Waals surface area contributed by atoms with E-state index >= 15 is 0 Å². The van der Waals surface area contributed by atoms with Gasteiger partial charge in [0.05, 0.1) is 19.3 Å². The summed E-state index contributed by atoms with van der Waals surface area (Å²) in [5.41, 5.74) is 1.33. The van der Waals surface area contributed by atoms with Crippen LogP contribution in [0.25, 0.3) is 0 Å². The van der Waals surface area contributed by atoms with Crippen molar-refractivity contribution < 1.29 is 9.84 Å². The maximum atomic E-state index is 9.85. The van der Waals surface area contributed by atoms with Crippen LogP contribution in [-0.4, -0.2) is 30.4 Å². The van der Waals surface area contributed by atoms with Crippen LogP contribution in [0, 0.1) is 5.41 Å². The Morgan fingerprint density at radius 1 is 1.21 bits per heavy atom. The van der Waals surface area contributed by atoms with Crippen LogP contribution in [0.5, 0.6) is 0 Å². The third-order valence-electron chi connectivity index (χ3n) is 3.38. The van der Waals surface area contributed by atoms with E-state index in [2.05, 4.69) is 33.0 Å². The molecule has 0 aromatic heterocycles. The van der Waals surface area contributed by atoms with E-state index in [1.165, 1.54) is 0 Å². The maximum absolute atomic E-state index is 9.85. The third kappa shape index (κ3) is 6.71. The lowest BCUT2D eigenvalue weighted by atomic mass is 9.88. The van der Waals surface area contributed by atoms with Crippen LogP contribution in [0.4, 0.5) is 0 Å². The summed E-state index contributed by atoms with van der Waals surface area (Å²) < 4.78 is 5.51. The molecule has 0 saturated carbocycles. The summed E-state index contributed by atoms with van der Waals surface area (Å²) in [4.78, 5) is 0. The standard InChI is InChI=1S/C16H27NO2/c1-13(16(2,3)4)17-10-15(18)12-19-11-14-8-6-5-7-9-14/h5-9,13,15,17-18H,10-12H2,1-4H3. The highest BCUT2D eigenvalue weighted by Gasteiger charge is 2.20. The molecule has 3 nitrogen and oxygen atoms in total. The zero-order valence-electron chi connectivity index (χ0n) is 12.5. The number of aliphatic hydroxyl groups is 1. The summed E-state index contributed by atoms with van der Waals surface area (Å²) in [6.07, 6.45) is -0.464. The Labute approximate surface area is 117 Å². The third-order valence-corrected chi connectivity index (χ3v) is 3.38. The van der Waals surface area contributed by atoms with Crippen LogP contribution in [0.3, 0.4) is 0 Å². The first-order valence-electron chi connectivity index (χ1n) is 6.92. The molecule has 0 bridgehead atoms. The van der Waals surface area contributed by atoms with Crippen LogP contribution in [0.1, 0.15) is 33.3 Å². The highest BCUT2D eigenvalue weighted by Crippen LogP contribution is 2.18. The molecule has 1 aromatic rings. The first kappa shape index (κ1) is 16.2. The van der Waals surface area contributed by atoms with Crippen LogP contribution in [0.2, 0.25) is 0 Å². The van der Waals surface area contributed by atoms with Gasteiger partial charge in [0.1, 0.15) is 0 Å². The van der Waals surface area contributed by atoms with Gasteiger partial charge in [-0.3, -0.25) is 0 Å². The molecule has 0 saturated heterocycles. The van der Waals surface area contributed by atoms with Crippen molar-refractivity contribution in [2.45, 2.75) is 46.4 Å². The zero-order valence-corrected chi connectivity index (χ0v) is 12.5. The van der Waals surface area contributed by atoms with Gasteiger partial charge in [-0.1, -0.05) is 51.1 Å². The minimum Gasteiger partial charge on any atom is -0.389 e. The topological polar surface area (TPSA) is 41.5 Å². The Morgan fingerprint density at radius 3 is 2.42 bits per heavy atom. The van der Waals surface area contributed by atoms with E-state index in [9.17, 15) is 5.11 Å². The lowest BCUT2D eigenvalue weighted by Gasteiger charge is -2.29. The Hall–Kier alpha value is -0.900. The minimum absolute atomic E-state index is 0.199. The van der Waals surface area contributed by atoms with Gasteiger partial charge in [0, 0.05) is 12.6 Å². The Balaban J connectivity index is 2.16. The van der Waals surface area contributed by atoms with Gasteiger partial charge >= 0.3 is 0 Å². The van der Waals surface area contributed by atoms with Crippen molar-refractivity contribution in [2.24, 2.45) is 5.41 Å². The number of ether oxygens (including phenoxy) is 1. The van der Waals surface area contributed by atoms with Crippen molar-refractivity contribution in [3.05, 3.63) is 35.9 Å². The van der Waals surface area contributed by atoms with E-state index in [-0.39, 0.29) is 5.41 Å². The number of hydrogen-bond acceptors (Lipinski definition) is 3. The molecule has 0 aliphatic rings. The Morgan fingerprint density at radius 2 is 1.84 bits per heavy atom. The molecule has 0 aliphatic heterocycles. The fourth-order valence-corrected chi connectivity index (χ4v) is 1.56. The fourth-order valence-electron chi connectivity index (χ4n) is 1.56. The van der Waals surface area contributed by atoms with Crippen LogP contribution in [-0.2, 0) is 11.3 Å². The number of aliphatic hydroxyl groups excluding tert-OH is 1. The van der Waals surface area contributed by atoms with Crippen molar-refractivity contribution in [1.29, 1.82) is 0 Å². The minimum atomic E-state index is -0.464. The van der Waals surface area contributed by atoms with E-state index in [4.69, 9.17) is 4.74 Å². The normalized spacial score (nSPS) is 15.2. The molecule has 1 aromatic carbocycles. The van der Waals surface area contributed by atoms with Crippen molar-refractivity contribution >= 4 is 0 Å². The van der Waals surface area contributed by atoms with Gasteiger partial charge in [-0.15, -0.1) is 0 Å². The first-order chi connectivity index (χ1) is 8.89. The molecular formula is C16H27NO2. The van der Waals surface area contributed by atoms with E-state index in [1.807, 2.05) is 30.3 Å². The predicted octanol–water partition coefficient (Wildman–Crippen LogP) is 2.59. The molecule has 1 rings (SSSR count). The molecule has 2 N–H and O–H groups in total. The van der Waals surface area contributed by atoms with E-state index < -0.39 is 6.10 Å². The summed E-state index contributed by atoms with van der Waals surface area (Å²) in [7, 11) is 0. The number of benzene rings is 1. The summed E-state index contributed by atoms with van der Waals surface area (Å²) >= 11 is 0. The fraction of sp³-hybridized carbons (Fsp3) is 0.625. The van der Waals surface area contributed by atoms with Crippen molar-refractivity contribution in [1.82, 2.24) is 5.32 Å². The highest BCUT2D eigenvalue weighted by molar-refractivity contribution is 5.13. The quantitative estimate of drug-likeness (QED) is 0.796. The second-order valence-corrected chi connectivity index (χ2v) is 6.15. The largest absolute Gasteiger partial charge is 0.389 e. The predicted molar refractivity (Wildman–Crippen MR) is 79.0 cm³/mol. The smallest absolute Gasteiger partial charge is 0.0897 e. The first-order valence-corrected chi connectivity index (χ1v) is 6.92. The van der Waals surface area contributed by atoms with Crippen molar-refractivity contribution in [2.75, 3.05) is 13.2 Å². The molecule has 108 valence electrons. The molecule has 2 unspecified atom stereocenters. The summed E-state index contributed by atoms with van der Waals surface area (Å²) in [6.45, 7) is 10.2. The van der Waals surface area contributed by atoms with Gasteiger partial charge in [0.15, 0.2) is 0 Å². The van der Waals surface area contributed by atoms with Crippen molar-refractivity contribution in [3.63, 3.8) is 0 Å². The van der Waals surface area contributed by atoms with Crippen LogP contribution >= 0.6 is 0 Å². The number of nitrogens with one attached hydrogen (secondary N) is 1. The Kier molecular flexibility index (Phi) is 6.49. The number of rotatable bonds is 7. The molecule has 0 amide bonds. The van der Waals surface area contributed by atoms with E-state index in [0.29, 0.717) is 25.8 Å². The van der Waals surface area contributed by atoms with Gasteiger partial charge in [0.25, 0.3) is 0 Å². The molecule has 3 heteroatoms. The monoisotopic (exact) mass is 265 g/mol. The molecule has 2 atom stereocenters. The van der Waals surface area contributed by atoms with E-state index in [0.717, 1.165) is 5.56 Å².